The summed E-state index contributed by atoms with van der Waals surface area (Å²) >= 11 is 0. The van der Waals surface area contributed by atoms with Crippen LogP contribution < -0.4 is 0 Å². The topological polar surface area (TPSA) is 84.7 Å². The molecule has 0 unspecified atom stereocenters. The average molecular weight is 374 g/mol. The monoisotopic (exact) mass is 374 g/mol. The summed E-state index contributed by atoms with van der Waals surface area (Å²) in [5, 5.41) is 4.01. The number of nitrogens with one attached hydrogen (secondary N) is 1. The third-order valence-corrected chi connectivity index (χ3v) is 4.81. The number of fused-ring (bicyclic) bond motifs is 1. The summed E-state index contributed by atoms with van der Waals surface area (Å²) < 4.78 is 5.26. The SMILES string of the molecule is Cc1noc(C)c1-c1ccc(-c2cnc3[nH]cc(C(=O)C(C)(C)C)c3n2)cc1. The first-order valence-corrected chi connectivity index (χ1v) is 9.18. The fourth-order valence-electron chi connectivity index (χ4n) is 3.31. The van der Waals surface area contributed by atoms with Gasteiger partial charge in [0, 0.05) is 22.7 Å². The van der Waals surface area contributed by atoms with Crippen LogP contribution in [-0.2, 0) is 0 Å². The van der Waals surface area contributed by atoms with Crippen molar-refractivity contribution >= 4 is 16.9 Å². The third kappa shape index (κ3) is 3.01. The van der Waals surface area contributed by atoms with Crippen molar-refractivity contribution in [2.45, 2.75) is 34.6 Å². The van der Waals surface area contributed by atoms with Crippen molar-refractivity contribution in [3.05, 3.63) is 53.7 Å². The van der Waals surface area contributed by atoms with E-state index in [1.54, 1.807) is 12.4 Å². The Labute approximate surface area is 163 Å². The summed E-state index contributed by atoms with van der Waals surface area (Å²) in [4.78, 5) is 24.9. The lowest BCUT2D eigenvalue weighted by Gasteiger charge is -2.15. The summed E-state index contributed by atoms with van der Waals surface area (Å²) in [5.41, 5.74) is 5.88. The van der Waals surface area contributed by atoms with Crippen LogP contribution in [0.15, 0.2) is 41.2 Å². The molecule has 0 amide bonds. The lowest BCUT2D eigenvalue weighted by Crippen LogP contribution is -2.20. The fraction of sp³-hybridized carbons (Fsp3) is 0.273. The van der Waals surface area contributed by atoms with Gasteiger partial charge in [-0.15, -0.1) is 0 Å². The third-order valence-electron chi connectivity index (χ3n) is 4.81. The summed E-state index contributed by atoms with van der Waals surface area (Å²) in [6.45, 7) is 9.54. The van der Waals surface area contributed by atoms with Crippen molar-refractivity contribution in [2.24, 2.45) is 5.41 Å². The van der Waals surface area contributed by atoms with Crippen molar-refractivity contribution in [1.29, 1.82) is 0 Å². The second-order valence-corrected chi connectivity index (χ2v) is 8.01. The Hall–Kier alpha value is -3.28. The molecule has 6 nitrogen and oxygen atoms in total. The summed E-state index contributed by atoms with van der Waals surface area (Å²) in [6, 6.07) is 8.03. The Kier molecular flexibility index (Phi) is 4.14. The van der Waals surface area contributed by atoms with Crippen molar-refractivity contribution in [1.82, 2.24) is 20.1 Å². The quantitative estimate of drug-likeness (QED) is 0.503. The Morgan fingerprint density at radius 3 is 2.36 bits per heavy atom. The second kappa shape index (κ2) is 6.41. The molecule has 0 aliphatic heterocycles. The van der Waals surface area contributed by atoms with Gasteiger partial charge in [0.2, 0.25) is 0 Å². The maximum Gasteiger partial charge on any atom is 0.171 e. The molecular weight excluding hydrogens is 352 g/mol. The molecule has 3 heterocycles. The average Bonchev–Trinajstić information content (AvgIpc) is 3.23. The maximum atomic E-state index is 12.7. The van der Waals surface area contributed by atoms with Crippen molar-refractivity contribution < 1.29 is 9.32 Å². The van der Waals surface area contributed by atoms with Crippen LogP contribution in [-0.4, -0.2) is 25.9 Å². The van der Waals surface area contributed by atoms with Gasteiger partial charge in [0.1, 0.15) is 11.3 Å². The number of aryl methyl sites for hydroxylation is 2. The highest BCUT2D eigenvalue weighted by Gasteiger charge is 2.26. The van der Waals surface area contributed by atoms with Gasteiger partial charge in [0.05, 0.1) is 23.1 Å². The summed E-state index contributed by atoms with van der Waals surface area (Å²) in [7, 11) is 0. The van der Waals surface area contributed by atoms with E-state index in [9.17, 15) is 4.79 Å². The van der Waals surface area contributed by atoms with E-state index in [4.69, 9.17) is 9.51 Å². The molecule has 0 aliphatic rings. The Morgan fingerprint density at radius 1 is 1.07 bits per heavy atom. The van der Waals surface area contributed by atoms with Crippen LogP contribution in [0.4, 0.5) is 0 Å². The van der Waals surface area contributed by atoms with Crippen LogP contribution in [0.2, 0.25) is 0 Å². The smallest absolute Gasteiger partial charge is 0.171 e. The first-order valence-electron chi connectivity index (χ1n) is 9.18. The molecule has 3 aromatic heterocycles. The minimum atomic E-state index is -0.483. The zero-order chi connectivity index (χ0) is 20.1. The van der Waals surface area contributed by atoms with Crippen LogP contribution in [0.1, 0.15) is 42.6 Å². The second-order valence-electron chi connectivity index (χ2n) is 8.01. The molecule has 0 saturated heterocycles. The number of H-pyrrole nitrogens is 1. The number of aromatic amines is 1. The van der Waals surface area contributed by atoms with Gasteiger partial charge in [0.15, 0.2) is 11.4 Å². The van der Waals surface area contributed by atoms with E-state index in [1.807, 2.05) is 58.9 Å². The van der Waals surface area contributed by atoms with Gasteiger partial charge in [0.25, 0.3) is 0 Å². The molecule has 6 heteroatoms. The molecule has 0 atom stereocenters. The highest BCUT2D eigenvalue weighted by atomic mass is 16.5. The van der Waals surface area contributed by atoms with Crippen LogP contribution in [0.5, 0.6) is 0 Å². The molecule has 0 saturated carbocycles. The Morgan fingerprint density at radius 2 is 1.75 bits per heavy atom. The van der Waals surface area contributed by atoms with Gasteiger partial charge >= 0.3 is 0 Å². The van der Waals surface area contributed by atoms with Gasteiger partial charge in [-0.05, 0) is 19.4 Å². The standard InChI is InChI=1S/C22H22N4O2/c1-12-18(13(2)28-26-12)15-8-6-14(7-9-15)17-11-24-21-19(25-17)16(10-23-21)20(27)22(3,4)5/h6-11H,1-5H3,(H,23,24). The van der Waals surface area contributed by atoms with E-state index in [2.05, 4.69) is 15.1 Å². The molecular formula is C22H22N4O2. The Balaban J connectivity index is 1.74. The number of Topliss-reactive ketones (excluding diaryl/α,β-unsaturated/α-hetero) is 1. The first kappa shape index (κ1) is 18.1. The molecule has 0 radical (unpaired) electrons. The number of carbonyl (C=O) groups excluding carboxylic acids is 1. The summed E-state index contributed by atoms with van der Waals surface area (Å²) in [6.07, 6.45) is 3.41. The molecule has 142 valence electrons. The van der Waals surface area contributed by atoms with Crippen LogP contribution in [0.3, 0.4) is 0 Å². The van der Waals surface area contributed by atoms with Gasteiger partial charge in [-0.25, -0.2) is 9.97 Å². The molecule has 1 aromatic carbocycles. The van der Waals surface area contributed by atoms with Crippen molar-refractivity contribution in [2.75, 3.05) is 0 Å². The lowest BCUT2D eigenvalue weighted by atomic mass is 9.87. The number of carbonyl (C=O) groups is 1. The van der Waals surface area contributed by atoms with Crippen molar-refractivity contribution in [3.63, 3.8) is 0 Å². The van der Waals surface area contributed by atoms with Gasteiger partial charge in [-0.1, -0.05) is 50.2 Å². The molecule has 0 aliphatic carbocycles. The fourth-order valence-corrected chi connectivity index (χ4v) is 3.31. The van der Waals surface area contributed by atoms with E-state index in [0.717, 1.165) is 33.8 Å². The number of rotatable bonds is 3. The van der Waals surface area contributed by atoms with Crippen LogP contribution >= 0.6 is 0 Å². The van der Waals surface area contributed by atoms with E-state index in [1.165, 1.54) is 0 Å². The number of benzene rings is 1. The largest absolute Gasteiger partial charge is 0.361 e. The number of hydrogen-bond acceptors (Lipinski definition) is 5. The molecule has 4 rings (SSSR count). The first-order chi connectivity index (χ1) is 13.3. The zero-order valence-electron chi connectivity index (χ0n) is 16.6. The van der Waals surface area contributed by atoms with E-state index in [0.29, 0.717) is 16.7 Å². The molecule has 0 spiro atoms. The predicted molar refractivity (Wildman–Crippen MR) is 108 cm³/mol. The Bertz CT molecular complexity index is 1160. The zero-order valence-corrected chi connectivity index (χ0v) is 16.6. The van der Waals surface area contributed by atoms with E-state index in [-0.39, 0.29) is 5.78 Å². The van der Waals surface area contributed by atoms with Gasteiger partial charge in [-0.2, -0.15) is 0 Å². The van der Waals surface area contributed by atoms with E-state index < -0.39 is 5.41 Å². The van der Waals surface area contributed by atoms with Gasteiger partial charge in [-0.3, -0.25) is 4.79 Å². The number of aromatic nitrogens is 4. The summed E-state index contributed by atoms with van der Waals surface area (Å²) in [5.74, 6) is 0.836. The van der Waals surface area contributed by atoms with Crippen LogP contribution in [0.25, 0.3) is 33.5 Å². The number of nitrogens with zero attached hydrogens (tertiary/aromatic N) is 3. The minimum absolute atomic E-state index is 0.0407. The molecule has 4 aromatic rings. The van der Waals surface area contributed by atoms with Gasteiger partial charge < -0.3 is 9.51 Å². The minimum Gasteiger partial charge on any atom is -0.361 e. The predicted octanol–water partition coefficient (Wildman–Crippen LogP) is 5.13. The maximum absolute atomic E-state index is 12.7. The lowest BCUT2D eigenvalue weighted by molar-refractivity contribution is 0.0860. The highest BCUT2D eigenvalue weighted by Crippen LogP contribution is 2.30. The number of ketones is 1. The van der Waals surface area contributed by atoms with E-state index >= 15 is 0 Å². The molecule has 1 N–H and O–H groups in total. The van der Waals surface area contributed by atoms with Crippen molar-refractivity contribution in [3.8, 4) is 22.4 Å². The number of hydrogen-bond donors (Lipinski definition) is 1. The van der Waals surface area contributed by atoms with Crippen LogP contribution in [0, 0.1) is 19.3 Å². The molecule has 0 bridgehead atoms. The highest BCUT2D eigenvalue weighted by molar-refractivity contribution is 6.08. The molecule has 0 fully saturated rings. The molecule has 28 heavy (non-hydrogen) atoms. The normalized spacial score (nSPS) is 11.9.